The summed E-state index contributed by atoms with van der Waals surface area (Å²) in [5.74, 6) is 0. The van der Waals surface area contributed by atoms with Gasteiger partial charge in [0.25, 0.3) is 0 Å². The van der Waals surface area contributed by atoms with E-state index < -0.39 is 0 Å². The SMILES string of the molecule is CN(C)c1ccc(NCCc2cccnc2)cc1. The molecule has 1 aromatic heterocycles. The summed E-state index contributed by atoms with van der Waals surface area (Å²) < 4.78 is 0. The minimum atomic E-state index is 0.924. The molecule has 0 saturated carbocycles. The van der Waals surface area contributed by atoms with Crippen LogP contribution in [0.4, 0.5) is 11.4 Å². The first-order chi connectivity index (χ1) is 8.75. The van der Waals surface area contributed by atoms with E-state index in [0.29, 0.717) is 0 Å². The van der Waals surface area contributed by atoms with Crippen molar-refractivity contribution in [2.24, 2.45) is 0 Å². The van der Waals surface area contributed by atoms with Gasteiger partial charge in [0.2, 0.25) is 0 Å². The molecule has 3 heteroatoms. The molecule has 3 nitrogen and oxygen atoms in total. The van der Waals surface area contributed by atoms with Gasteiger partial charge in [-0.05, 0) is 42.3 Å². The average molecular weight is 241 g/mol. The number of pyridine rings is 1. The Hall–Kier alpha value is -2.03. The molecule has 0 aliphatic carbocycles. The second-order valence-corrected chi connectivity index (χ2v) is 4.48. The van der Waals surface area contributed by atoms with E-state index in [1.807, 2.05) is 26.4 Å². The summed E-state index contributed by atoms with van der Waals surface area (Å²) in [5, 5.41) is 3.41. The fourth-order valence-electron chi connectivity index (χ4n) is 1.77. The predicted octanol–water partition coefficient (Wildman–Crippen LogP) is 2.80. The van der Waals surface area contributed by atoms with Gasteiger partial charge in [-0.25, -0.2) is 0 Å². The topological polar surface area (TPSA) is 28.2 Å². The molecule has 0 atom stereocenters. The number of nitrogens with zero attached hydrogens (tertiary/aromatic N) is 2. The van der Waals surface area contributed by atoms with Crippen molar-refractivity contribution >= 4 is 11.4 Å². The lowest BCUT2D eigenvalue weighted by atomic mass is 10.2. The van der Waals surface area contributed by atoms with Crippen LogP contribution in [0.15, 0.2) is 48.8 Å². The zero-order valence-electron chi connectivity index (χ0n) is 10.9. The molecule has 0 fully saturated rings. The largest absolute Gasteiger partial charge is 0.385 e. The lowest BCUT2D eigenvalue weighted by molar-refractivity contribution is 1.00. The van der Waals surface area contributed by atoms with E-state index in [-0.39, 0.29) is 0 Å². The molecule has 0 spiro atoms. The van der Waals surface area contributed by atoms with Crippen LogP contribution in [0, 0.1) is 0 Å². The highest BCUT2D eigenvalue weighted by Gasteiger charge is 1.96. The summed E-state index contributed by atoms with van der Waals surface area (Å²) in [6.07, 6.45) is 4.71. The van der Waals surface area contributed by atoms with E-state index in [9.17, 15) is 0 Å². The molecule has 0 saturated heterocycles. The number of nitrogens with one attached hydrogen (secondary N) is 1. The van der Waals surface area contributed by atoms with Crippen molar-refractivity contribution in [2.45, 2.75) is 6.42 Å². The molecule has 0 unspecified atom stereocenters. The summed E-state index contributed by atoms with van der Waals surface area (Å²) in [6.45, 7) is 0.924. The first kappa shape index (κ1) is 12.4. The minimum absolute atomic E-state index is 0.924. The maximum atomic E-state index is 4.11. The monoisotopic (exact) mass is 241 g/mol. The van der Waals surface area contributed by atoms with Crippen molar-refractivity contribution in [2.75, 3.05) is 30.9 Å². The Morgan fingerprint density at radius 1 is 1.11 bits per heavy atom. The third-order valence-corrected chi connectivity index (χ3v) is 2.85. The van der Waals surface area contributed by atoms with Gasteiger partial charge in [0.1, 0.15) is 0 Å². The lowest BCUT2D eigenvalue weighted by Crippen LogP contribution is -2.09. The van der Waals surface area contributed by atoms with Crippen LogP contribution < -0.4 is 10.2 Å². The van der Waals surface area contributed by atoms with Gasteiger partial charge >= 0.3 is 0 Å². The molecule has 94 valence electrons. The summed E-state index contributed by atoms with van der Waals surface area (Å²) in [4.78, 5) is 6.20. The minimum Gasteiger partial charge on any atom is -0.385 e. The maximum Gasteiger partial charge on any atom is 0.0362 e. The highest BCUT2D eigenvalue weighted by molar-refractivity contribution is 5.54. The van der Waals surface area contributed by atoms with Gasteiger partial charge in [-0.1, -0.05) is 6.07 Å². The van der Waals surface area contributed by atoms with Crippen molar-refractivity contribution < 1.29 is 0 Å². The van der Waals surface area contributed by atoms with Crippen molar-refractivity contribution in [1.29, 1.82) is 0 Å². The normalized spacial score (nSPS) is 10.1. The van der Waals surface area contributed by atoms with Crippen LogP contribution in [0.2, 0.25) is 0 Å². The molecule has 0 aliphatic rings. The quantitative estimate of drug-likeness (QED) is 0.872. The molecule has 18 heavy (non-hydrogen) atoms. The fourth-order valence-corrected chi connectivity index (χ4v) is 1.77. The number of benzene rings is 1. The Labute approximate surface area is 108 Å². The average Bonchev–Trinajstić information content (AvgIpc) is 2.40. The van der Waals surface area contributed by atoms with Gasteiger partial charge in [0, 0.05) is 44.4 Å². The van der Waals surface area contributed by atoms with Crippen LogP contribution in [-0.2, 0) is 6.42 Å². The summed E-state index contributed by atoms with van der Waals surface area (Å²) in [5.41, 5.74) is 3.63. The van der Waals surface area contributed by atoms with Crippen LogP contribution >= 0.6 is 0 Å². The number of hydrogen-bond donors (Lipinski definition) is 1. The van der Waals surface area contributed by atoms with E-state index in [0.717, 1.165) is 18.7 Å². The van der Waals surface area contributed by atoms with E-state index in [1.54, 1.807) is 6.20 Å². The predicted molar refractivity (Wildman–Crippen MR) is 77.2 cm³/mol. The van der Waals surface area contributed by atoms with E-state index in [4.69, 9.17) is 0 Å². The maximum absolute atomic E-state index is 4.11. The standard InChI is InChI=1S/C15H19N3/c1-18(2)15-7-5-14(6-8-15)17-11-9-13-4-3-10-16-12-13/h3-8,10,12,17H,9,11H2,1-2H3. The van der Waals surface area contributed by atoms with Crippen LogP contribution in [0.5, 0.6) is 0 Å². The highest BCUT2D eigenvalue weighted by atomic mass is 15.1. The van der Waals surface area contributed by atoms with Gasteiger partial charge in [-0.3, -0.25) is 4.98 Å². The van der Waals surface area contributed by atoms with Gasteiger partial charge in [-0.2, -0.15) is 0 Å². The van der Waals surface area contributed by atoms with Crippen molar-refractivity contribution in [3.05, 3.63) is 54.4 Å². The Bertz CT molecular complexity index is 463. The number of anilines is 2. The van der Waals surface area contributed by atoms with Gasteiger partial charge in [-0.15, -0.1) is 0 Å². The van der Waals surface area contributed by atoms with Crippen molar-refractivity contribution in [3.63, 3.8) is 0 Å². The molecule has 1 heterocycles. The fraction of sp³-hybridized carbons (Fsp3) is 0.267. The molecule has 2 aromatic rings. The van der Waals surface area contributed by atoms with Crippen LogP contribution in [0.25, 0.3) is 0 Å². The molecule has 1 N–H and O–H groups in total. The Morgan fingerprint density at radius 2 is 1.89 bits per heavy atom. The first-order valence-corrected chi connectivity index (χ1v) is 6.16. The molecule has 0 bridgehead atoms. The summed E-state index contributed by atoms with van der Waals surface area (Å²) in [7, 11) is 4.09. The van der Waals surface area contributed by atoms with Gasteiger partial charge in [0.15, 0.2) is 0 Å². The molecule has 2 rings (SSSR count). The Kier molecular flexibility index (Phi) is 4.18. The third kappa shape index (κ3) is 3.48. The Balaban J connectivity index is 1.83. The van der Waals surface area contributed by atoms with Gasteiger partial charge in [0.05, 0.1) is 0 Å². The number of hydrogen-bond acceptors (Lipinski definition) is 3. The molecule has 1 aromatic carbocycles. The van der Waals surface area contributed by atoms with Crippen LogP contribution in [0.3, 0.4) is 0 Å². The molecule has 0 amide bonds. The van der Waals surface area contributed by atoms with Crippen LogP contribution in [0.1, 0.15) is 5.56 Å². The second kappa shape index (κ2) is 6.05. The molecular formula is C15H19N3. The van der Waals surface area contributed by atoms with E-state index in [1.165, 1.54) is 11.3 Å². The van der Waals surface area contributed by atoms with Gasteiger partial charge < -0.3 is 10.2 Å². The zero-order chi connectivity index (χ0) is 12.8. The zero-order valence-corrected chi connectivity index (χ0v) is 10.9. The number of rotatable bonds is 5. The third-order valence-electron chi connectivity index (χ3n) is 2.85. The van der Waals surface area contributed by atoms with E-state index in [2.05, 4.69) is 45.5 Å². The smallest absolute Gasteiger partial charge is 0.0362 e. The van der Waals surface area contributed by atoms with Crippen molar-refractivity contribution in [3.8, 4) is 0 Å². The summed E-state index contributed by atoms with van der Waals surface area (Å²) >= 11 is 0. The summed E-state index contributed by atoms with van der Waals surface area (Å²) in [6, 6.07) is 12.5. The lowest BCUT2D eigenvalue weighted by Gasteiger charge is -2.13. The molecule has 0 radical (unpaired) electrons. The Morgan fingerprint density at radius 3 is 2.50 bits per heavy atom. The van der Waals surface area contributed by atoms with Crippen LogP contribution in [-0.4, -0.2) is 25.6 Å². The highest BCUT2D eigenvalue weighted by Crippen LogP contribution is 2.15. The van der Waals surface area contributed by atoms with Crippen molar-refractivity contribution in [1.82, 2.24) is 4.98 Å². The first-order valence-electron chi connectivity index (χ1n) is 6.16. The molecule has 0 aliphatic heterocycles. The molecular weight excluding hydrogens is 222 g/mol. The second-order valence-electron chi connectivity index (χ2n) is 4.48. The van der Waals surface area contributed by atoms with E-state index >= 15 is 0 Å². The number of aromatic nitrogens is 1.